The topological polar surface area (TPSA) is 106 Å². The molecular weight excluding hydrogens is 372 g/mol. The Balaban J connectivity index is 1.65. The average molecular weight is 392 g/mol. The van der Waals surface area contributed by atoms with E-state index in [2.05, 4.69) is 20.7 Å². The second kappa shape index (κ2) is 8.83. The summed E-state index contributed by atoms with van der Waals surface area (Å²) in [6.07, 6.45) is 0. The first kappa shape index (κ1) is 19.8. The predicted molar refractivity (Wildman–Crippen MR) is 108 cm³/mol. The van der Waals surface area contributed by atoms with Crippen molar-refractivity contribution in [1.29, 1.82) is 0 Å². The van der Waals surface area contributed by atoms with Gasteiger partial charge in [-0.3, -0.25) is 14.7 Å². The first-order valence-electron chi connectivity index (χ1n) is 8.79. The first-order valence-corrected chi connectivity index (χ1v) is 8.79. The summed E-state index contributed by atoms with van der Waals surface area (Å²) < 4.78 is 10.1. The molecule has 2 N–H and O–H groups in total. The number of ether oxygens (including phenoxy) is 2. The number of hydrogen-bond donors (Lipinski definition) is 2. The minimum absolute atomic E-state index is 0.289. The third kappa shape index (κ3) is 5.07. The van der Waals surface area contributed by atoms with Gasteiger partial charge in [0.25, 0.3) is 5.91 Å². The molecule has 3 rings (SSSR count). The van der Waals surface area contributed by atoms with E-state index in [1.165, 1.54) is 6.92 Å². The lowest BCUT2D eigenvalue weighted by atomic mass is 10.1. The highest BCUT2D eigenvalue weighted by molar-refractivity contribution is 6.00. The van der Waals surface area contributed by atoms with Gasteiger partial charge < -0.3 is 9.47 Å². The number of aromatic amines is 1. The van der Waals surface area contributed by atoms with Crippen molar-refractivity contribution in [3.8, 4) is 22.8 Å². The van der Waals surface area contributed by atoms with E-state index in [1.54, 1.807) is 44.4 Å². The lowest BCUT2D eigenvalue weighted by Crippen LogP contribution is -2.19. The lowest BCUT2D eigenvalue weighted by Gasteiger charge is -2.04. The molecule has 0 atom stereocenters. The van der Waals surface area contributed by atoms with Crippen LogP contribution in [0.5, 0.6) is 11.5 Å². The number of nitrogens with one attached hydrogen (secondary N) is 2. The molecule has 148 valence electrons. The van der Waals surface area contributed by atoms with Crippen molar-refractivity contribution >= 4 is 17.6 Å². The van der Waals surface area contributed by atoms with Gasteiger partial charge in [0, 0.05) is 12.5 Å². The summed E-state index contributed by atoms with van der Waals surface area (Å²) in [5.74, 6) is 0.395. The number of amides is 1. The van der Waals surface area contributed by atoms with Gasteiger partial charge in [-0.1, -0.05) is 0 Å². The third-order valence-corrected chi connectivity index (χ3v) is 4.07. The zero-order valence-corrected chi connectivity index (χ0v) is 16.2. The van der Waals surface area contributed by atoms with Crippen LogP contribution in [0.3, 0.4) is 0 Å². The van der Waals surface area contributed by atoms with Gasteiger partial charge in [-0.25, -0.2) is 5.43 Å². The van der Waals surface area contributed by atoms with E-state index in [0.717, 1.165) is 16.9 Å². The summed E-state index contributed by atoms with van der Waals surface area (Å²) in [6, 6.07) is 15.8. The molecule has 2 aromatic carbocycles. The van der Waals surface area contributed by atoms with Crippen LogP contribution in [0.1, 0.15) is 29.9 Å². The van der Waals surface area contributed by atoms with Crippen LogP contribution >= 0.6 is 0 Å². The number of carbonyl (C=O) groups is 2. The number of hydrogen-bond acceptors (Lipinski definition) is 6. The summed E-state index contributed by atoms with van der Waals surface area (Å²) in [4.78, 5) is 23.3. The number of aromatic nitrogens is 2. The summed E-state index contributed by atoms with van der Waals surface area (Å²) in [5.41, 5.74) is 5.66. The molecular formula is C21H20N4O4. The third-order valence-electron chi connectivity index (χ3n) is 4.07. The molecule has 0 saturated carbocycles. The van der Waals surface area contributed by atoms with Gasteiger partial charge in [0.15, 0.2) is 0 Å². The number of hydrazone groups is 1. The molecule has 3 aromatic rings. The van der Waals surface area contributed by atoms with Crippen molar-refractivity contribution in [2.45, 2.75) is 13.8 Å². The number of benzene rings is 2. The molecule has 0 radical (unpaired) electrons. The lowest BCUT2D eigenvalue weighted by molar-refractivity contribution is -0.131. The Morgan fingerprint density at radius 1 is 1.00 bits per heavy atom. The van der Waals surface area contributed by atoms with Crippen molar-refractivity contribution in [3.63, 3.8) is 0 Å². The molecule has 0 fully saturated rings. The van der Waals surface area contributed by atoms with Gasteiger partial charge in [0.05, 0.1) is 18.5 Å². The average Bonchev–Trinajstić information content (AvgIpc) is 3.22. The molecule has 0 aliphatic heterocycles. The number of rotatable bonds is 6. The van der Waals surface area contributed by atoms with E-state index in [9.17, 15) is 9.59 Å². The van der Waals surface area contributed by atoms with Crippen molar-refractivity contribution in [2.24, 2.45) is 5.10 Å². The normalized spacial score (nSPS) is 11.1. The van der Waals surface area contributed by atoms with Gasteiger partial charge in [-0.2, -0.15) is 10.2 Å². The summed E-state index contributed by atoms with van der Waals surface area (Å²) in [5, 5.41) is 11.0. The van der Waals surface area contributed by atoms with Crippen molar-refractivity contribution in [1.82, 2.24) is 15.6 Å². The van der Waals surface area contributed by atoms with Crippen molar-refractivity contribution < 1.29 is 19.1 Å². The fourth-order valence-corrected chi connectivity index (χ4v) is 2.54. The second-order valence-electron chi connectivity index (χ2n) is 6.15. The van der Waals surface area contributed by atoms with Crippen LogP contribution < -0.4 is 14.9 Å². The number of methoxy groups -OCH3 is 1. The van der Waals surface area contributed by atoms with Crippen LogP contribution in [0.4, 0.5) is 0 Å². The molecule has 1 amide bonds. The number of esters is 1. The maximum atomic E-state index is 12.3. The Labute approximate surface area is 167 Å². The molecule has 0 aliphatic carbocycles. The Hall–Kier alpha value is -3.94. The van der Waals surface area contributed by atoms with Gasteiger partial charge in [0.2, 0.25) is 0 Å². The minimum Gasteiger partial charge on any atom is -0.497 e. The molecule has 8 nitrogen and oxygen atoms in total. The van der Waals surface area contributed by atoms with Gasteiger partial charge >= 0.3 is 5.97 Å². The highest BCUT2D eigenvalue weighted by Gasteiger charge is 2.11. The summed E-state index contributed by atoms with van der Waals surface area (Å²) in [6.45, 7) is 3.10. The smallest absolute Gasteiger partial charge is 0.308 e. The van der Waals surface area contributed by atoms with Crippen LogP contribution in [0, 0.1) is 0 Å². The van der Waals surface area contributed by atoms with Crippen LogP contribution in [-0.4, -0.2) is 34.9 Å². The summed E-state index contributed by atoms with van der Waals surface area (Å²) >= 11 is 0. The first-order chi connectivity index (χ1) is 14.0. The van der Waals surface area contributed by atoms with E-state index in [0.29, 0.717) is 17.2 Å². The zero-order chi connectivity index (χ0) is 20.8. The summed E-state index contributed by atoms with van der Waals surface area (Å²) in [7, 11) is 1.60. The fourth-order valence-electron chi connectivity index (χ4n) is 2.54. The Morgan fingerprint density at radius 2 is 1.66 bits per heavy atom. The highest BCUT2D eigenvalue weighted by atomic mass is 16.5. The quantitative estimate of drug-likeness (QED) is 0.290. The van der Waals surface area contributed by atoms with Crippen LogP contribution in [-0.2, 0) is 4.79 Å². The van der Waals surface area contributed by atoms with Crippen LogP contribution in [0.2, 0.25) is 0 Å². The molecule has 0 unspecified atom stereocenters. The number of nitrogens with zero attached hydrogens (tertiary/aromatic N) is 2. The fraction of sp³-hybridized carbons (Fsp3) is 0.143. The Morgan fingerprint density at radius 3 is 2.28 bits per heavy atom. The molecule has 29 heavy (non-hydrogen) atoms. The SMILES string of the molecule is COc1ccc(-c2cc(C(=O)N/N=C(/C)c3ccc(OC(C)=O)cc3)[nH]n2)cc1. The van der Waals surface area contributed by atoms with E-state index in [4.69, 9.17) is 9.47 Å². The monoisotopic (exact) mass is 392 g/mol. The van der Waals surface area contributed by atoms with E-state index in [-0.39, 0.29) is 11.7 Å². The highest BCUT2D eigenvalue weighted by Crippen LogP contribution is 2.21. The van der Waals surface area contributed by atoms with E-state index >= 15 is 0 Å². The van der Waals surface area contributed by atoms with Crippen molar-refractivity contribution in [3.05, 3.63) is 65.9 Å². The number of H-pyrrole nitrogens is 1. The van der Waals surface area contributed by atoms with Gasteiger partial charge in [-0.05, 0) is 67.1 Å². The molecule has 0 aliphatic rings. The van der Waals surface area contributed by atoms with Gasteiger partial charge in [-0.15, -0.1) is 0 Å². The maximum absolute atomic E-state index is 12.3. The number of carbonyl (C=O) groups excluding carboxylic acids is 2. The van der Waals surface area contributed by atoms with E-state index in [1.807, 2.05) is 24.3 Å². The van der Waals surface area contributed by atoms with Gasteiger partial charge in [0.1, 0.15) is 17.2 Å². The van der Waals surface area contributed by atoms with Crippen LogP contribution in [0.15, 0.2) is 59.7 Å². The molecule has 0 spiro atoms. The molecule has 8 heteroatoms. The Kier molecular flexibility index (Phi) is 6.03. The zero-order valence-electron chi connectivity index (χ0n) is 16.2. The standard InChI is InChI=1S/C21H20N4O4/c1-13(15-4-10-18(11-5-15)29-14(2)26)22-25-21(27)20-12-19(23-24-20)16-6-8-17(28-3)9-7-16/h4-12H,1-3H3,(H,23,24)(H,25,27)/b22-13-. The Bertz CT molecular complexity index is 1040. The second-order valence-corrected chi connectivity index (χ2v) is 6.15. The van der Waals surface area contributed by atoms with E-state index < -0.39 is 5.91 Å². The molecule has 0 bridgehead atoms. The maximum Gasteiger partial charge on any atom is 0.308 e. The molecule has 0 saturated heterocycles. The predicted octanol–water partition coefficient (Wildman–Crippen LogP) is 3.16. The minimum atomic E-state index is -0.409. The largest absolute Gasteiger partial charge is 0.497 e. The molecule has 1 heterocycles. The van der Waals surface area contributed by atoms with Crippen molar-refractivity contribution in [2.75, 3.05) is 7.11 Å². The molecule has 1 aromatic heterocycles. The van der Waals surface area contributed by atoms with Crippen LogP contribution in [0.25, 0.3) is 11.3 Å².